The van der Waals surface area contributed by atoms with E-state index in [0.29, 0.717) is 17.1 Å². The molecule has 1 aromatic heterocycles. The Morgan fingerprint density at radius 3 is 2.50 bits per heavy atom. The number of fused-ring (bicyclic) bond motifs is 1. The number of amides is 2. The van der Waals surface area contributed by atoms with Crippen molar-refractivity contribution in [1.29, 1.82) is 0 Å². The van der Waals surface area contributed by atoms with Gasteiger partial charge in [0.1, 0.15) is 11.4 Å². The van der Waals surface area contributed by atoms with Crippen LogP contribution in [0.1, 0.15) is 26.3 Å². The van der Waals surface area contributed by atoms with Crippen LogP contribution >= 0.6 is 0 Å². The maximum atomic E-state index is 13.0. The third kappa shape index (κ3) is 4.00. The van der Waals surface area contributed by atoms with Gasteiger partial charge < -0.3 is 14.0 Å². The van der Waals surface area contributed by atoms with Crippen LogP contribution in [-0.2, 0) is 6.54 Å². The number of carbonyl (C=O) groups is 2. The summed E-state index contributed by atoms with van der Waals surface area (Å²) >= 11 is 0. The molecule has 2 amide bonds. The second-order valence-corrected chi connectivity index (χ2v) is 6.46. The monoisotopic (exact) mass is 409 g/mol. The smallest absolute Gasteiger partial charge is 0.275 e. The van der Waals surface area contributed by atoms with Crippen molar-refractivity contribution in [2.75, 3.05) is 6.79 Å². The van der Waals surface area contributed by atoms with Gasteiger partial charge in [-0.25, -0.2) is 4.39 Å². The number of nitrogens with zero attached hydrogens (tertiary/aromatic N) is 1. The molecule has 1 aliphatic heterocycles. The molecule has 0 radical (unpaired) electrons. The van der Waals surface area contributed by atoms with Crippen molar-refractivity contribution >= 4 is 11.8 Å². The van der Waals surface area contributed by atoms with E-state index in [1.807, 2.05) is 0 Å². The Bertz CT molecular complexity index is 1170. The molecular formula is C21H16FN3O5. The fraction of sp³-hybridized carbons (Fsp3) is 0.0952. The van der Waals surface area contributed by atoms with Crippen LogP contribution in [0.5, 0.6) is 11.5 Å². The average Bonchev–Trinajstić information content (AvgIpc) is 3.22. The second kappa shape index (κ2) is 8.08. The Balaban J connectivity index is 1.44. The fourth-order valence-corrected chi connectivity index (χ4v) is 2.91. The van der Waals surface area contributed by atoms with E-state index < -0.39 is 17.4 Å². The third-order valence-electron chi connectivity index (χ3n) is 4.46. The molecule has 3 aromatic rings. The first-order chi connectivity index (χ1) is 14.5. The van der Waals surface area contributed by atoms with Crippen molar-refractivity contribution in [2.24, 2.45) is 0 Å². The van der Waals surface area contributed by atoms with Crippen LogP contribution in [0.3, 0.4) is 0 Å². The number of nitrogens with one attached hydrogen (secondary N) is 2. The SMILES string of the molecule is O=C(NNC(=O)c1cccn(Cc2ccc(F)cc2)c1=O)c1ccc2c(c1)OCO2. The lowest BCUT2D eigenvalue weighted by atomic mass is 10.2. The Morgan fingerprint density at radius 1 is 0.967 bits per heavy atom. The predicted octanol–water partition coefficient (Wildman–Crippen LogP) is 1.84. The van der Waals surface area contributed by atoms with Gasteiger partial charge in [0.25, 0.3) is 17.4 Å². The summed E-state index contributed by atoms with van der Waals surface area (Å²) in [6, 6.07) is 13.2. The van der Waals surface area contributed by atoms with Crippen molar-refractivity contribution in [3.05, 3.63) is 93.7 Å². The highest BCUT2D eigenvalue weighted by molar-refractivity contribution is 5.99. The van der Waals surface area contributed by atoms with Gasteiger partial charge in [0, 0.05) is 11.8 Å². The van der Waals surface area contributed by atoms with Crippen LogP contribution in [0.4, 0.5) is 4.39 Å². The minimum absolute atomic E-state index is 0.0787. The predicted molar refractivity (Wildman–Crippen MR) is 104 cm³/mol. The van der Waals surface area contributed by atoms with Gasteiger partial charge in [-0.1, -0.05) is 12.1 Å². The molecular weight excluding hydrogens is 393 g/mol. The zero-order valence-electron chi connectivity index (χ0n) is 15.6. The summed E-state index contributed by atoms with van der Waals surface area (Å²) in [7, 11) is 0. The molecule has 152 valence electrons. The van der Waals surface area contributed by atoms with E-state index >= 15 is 0 Å². The van der Waals surface area contributed by atoms with E-state index in [0.717, 1.165) is 0 Å². The summed E-state index contributed by atoms with van der Waals surface area (Å²) in [6.07, 6.45) is 1.52. The van der Waals surface area contributed by atoms with Gasteiger partial charge in [0.2, 0.25) is 6.79 Å². The molecule has 0 fully saturated rings. The second-order valence-electron chi connectivity index (χ2n) is 6.46. The van der Waals surface area contributed by atoms with Gasteiger partial charge in [0.05, 0.1) is 6.54 Å². The number of benzene rings is 2. The van der Waals surface area contributed by atoms with Crippen molar-refractivity contribution in [3.8, 4) is 11.5 Å². The molecule has 30 heavy (non-hydrogen) atoms. The van der Waals surface area contributed by atoms with Crippen LogP contribution < -0.4 is 25.9 Å². The van der Waals surface area contributed by atoms with E-state index in [-0.39, 0.29) is 30.3 Å². The van der Waals surface area contributed by atoms with Crippen molar-refractivity contribution in [2.45, 2.75) is 6.54 Å². The van der Waals surface area contributed by atoms with E-state index in [1.165, 1.54) is 41.1 Å². The van der Waals surface area contributed by atoms with Crippen LogP contribution in [0, 0.1) is 5.82 Å². The third-order valence-corrected chi connectivity index (χ3v) is 4.46. The topological polar surface area (TPSA) is 98.7 Å². The summed E-state index contributed by atoms with van der Waals surface area (Å²) in [6.45, 7) is 0.249. The van der Waals surface area contributed by atoms with E-state index in [1.54, 1.807) is 24.3 Å². The summed E-state index contributed by atoms with van der Waals surface area (Å²) in [5, 5.41) is 0. The van der Waals surface area contributed by atoms with Crippen molar-refractivity contribution < 1.29 is 23.5 Å². The van der Waals surface area contributed by atoms with Crippen molar-refractivity contribution in [1.82, 2.24) is 15.4 Å². The number of hydrogen-bond acceptors (Lipinski definition) is 5. The zero-order chi connectivity index (χ0) is 21.1. The molecule has 0 bridgehead atoms. The molecule has 2 N–H and O–H groups in total. The quantitative estimate of drug-likeness (QED) is 0.641. The normalized spacial score (nSPS) is 11.8. The van der Waals surface area contributed by atoms with Crippen molar-refractivity contribution in [3.63, 3.8) is 0 Å². The Labute approximate surface area is 169 Å². The number of carbonyl (C=O) groups excluding carboxylic acids is 2. The lowest BCUT2D eigenvalue weighted by Crippen LogP contribution is -2.44. The Hall–Kier alpha value is -4.14. The largest absolute Gasteiger partial charge is 0.454 e. The van der Waals surface area contributed by atoms with Gasteiger partial charge >= 0.3 is 0 Å². The highest BCUT2D eigenvalue weighted by atomic mass is 19.1. The van der Waals surface area contributed by atoms with Crippen LogP contribution in [-0.4, -0.2) is 23.2 Å². The van der Waals surface area contributed by atoms with E-state index in [2.05, 4.69) is 10.9 Å². The lowest BCUT2D eigenvalue weighted by Gasteiger charge is -2.10. The van der Waals surface area contributed by atoms with Gasteiger partial charge in [-0.05, 0) is 48.0 Å². The first-order valence-electron chi connectivity index (χ1n) is 8.95. The minimum Gasteiger partial charge on any atom is -0.454 e. The number of aromatic nitrogens is 1. The summed E-state index contributed by atoms with van der Waals surface area (Å²) in [5.74, 6) is -0.758. The molecule has 0 spiro atoms. The van der Waals surface area contributed by atoms with Gasteiger partial charge in [-0.3, -0.25) is 25.2 Å². The van der Waals surface area contributed by atoms with Crippen LogP contribution in [0.25, 0.3) is 0 Å². The maximum Gasteiger partial charge on any atom is 0.275 e. The van der Waals surface area contributed by atoms with Crippen LogP contribution in [0.2, 0.25) is 0 Å². The summed E-state index contributed by atoms with van der Waals surface area (Å²) < 4.78 is 24.8. The molecule has 0 saturated carbocycles. The number of hydrogen-bond donors (Lipinski definition) is 2. The first kappa shape index (κ1) is 19.2. The Morgan fingerprint density at radius 2 is 1.70 bits per heavy atom. The number of pyridine rings is 1. The molecule has 0 unspecified atom stereocenters. The molecule has 0 aliphatic carbocycles. The van der Waals surface area contributed by atoms with Gasteiger partial charge in [-0.15, -0.1) is 0 Å². The maximum absolute atomic E-state index is 13.0. The number of hydrazine groups is 1. The van der Waals surface area contributed by atoms with Gasteiger partial charge in [-0.2, -0.15) is 0 Å². The zero-order valence-corrected chi connectivity index (χ0v) is 15.6. The molecule has 8 nitrogen and oxygen atoms in total. The number of rotatable bonds is 4. The van der Waals surface area contributed by atoms with E-state index in [4.69, 9.17) is 9.47 Å². The molecule has 0 atom stereocenters. The molecule has 0 saturated heterocycles. The Kier molecular flexibility index (Phi) is 5.17. The highest BCUT2D eigenvalue weighted by Gasteiger charge is 2.18. The number of ether oxygens (including phenoxy) is 2. The van der Waals surface area contributed by atoms with E-state index in [9.17, 15) is 18.8 Å². The summed E-state index contributed by atoms with van der Waals surface area (Å²) in [5.41, 5.74) is 4.76. The standard InChI is InChI=1S/C21H16FN3O5/c22-15-6-3-13(4-7-15)11-25-9-1-2-16(21(25)28)20(27)24-23-19(26)14-5-8-17-18(10-14)30-12-29-17/h1-10H,11-12H2,(H,23,26)(H,24,27). The summed E-state index contributed by atoms with van der Waals surface area (Å²) in [4.78, 5) is 37.3. The molecule has 2 heterocycles. The number of halogens is 1. The molecule has 9 heteroatoms. The molecule has 1 aliphatic rings. The van der Waals surface area contributed by atoms with Gasteiger partial charge in [0.15, 0.2) is 11.5 Å². The minimum atomic E-state index is -0.762. The first-order valence-corrected chi connectivity index (χ1v) is 8.95. The fourth-order valence-electron chi connectivity index (χ4n) is 2.91. The van der Waals surface area contributed by atoms with Crippen LogP contribution in [0.15, 0.2) is 65.6 Å². The molecule has 4 rings (SSSR count). The lowest BCUT2D eigenvalue weighted by molar-refractivity contribution is 0.0845. The molecule has 2 aromatic carbocycles. The highest BCUT2D eigenvalue weighted by Crippen LogP contribution is 2.32. The average molecular weight is 409 g/mol.